The number of hydrogen-bond acceptors (Lipinski definition) is 4. The summed E-state index contributed by atoms with van der Waals surface area (Å²) in [4.78, 5) is 30.2. The molecule has 1 aliphatic carbocycles. The molecule has 1 N–H and O–H groups in total. The molecule has 0 spiro atoms. The van der Waals surface area contributed by atoms with Gasteiger partial charge in [0, 0.05) is 11.6 Å². The summed E-state index contributed by atoms with van der Waals surface area (Å²) in [5.41, 5.74) is 2.91. The van der Waals surface area contributed by atoms with Crippen LogP contribution in [-0.2, 0) is 4.79 Å². The molecule has 6 heteroatoms. The van der Waals surface area contributed by atoms with Crippen molar-refractivity contribution in [3.8, 4) is 11.5 Å². The van der Waals surface area contributed by atoms with Gasteiger partial charge in [-0.05, 0) is 61.2 Å². The molecule has 1 fully saturated rings. The summed E-state index contributed by atoms with van der Waals surface area (Å²) < 4.78 is 11.2. The van der Waals surface area contributed by atoms with E-state index in [1.54, 1.807) is 7.11 Å². The number of carbonyl (C=O) groups excluding carboxylic acids is 2. The number of nitrogens with zero attached hydrogens (tertiary/aromatic N) is 1. The SMILES string of the molecule is CCOc1ccccc1NC(=O)[C@@H]1c2ccccc2C(=O)N(C2CCCCC2)[C@@H]1c1ccc(OC)cc1. The van der Waals surface area contributed by atoms with E-state index >= 15 is 0 Å². The van der Waals surface area contributed by atoms with Crippen LogP contribution in [-0.4, -0.2) is 36.5 Å². The van der Waals surface area contributed by atoms with Crippen molar-refractivity contribution in [1.82, 2.24) is 4.90 Å². The van der Waals surface area contributed by atoms with Gasteiger partial charge in [0.15, 0.2) is 0 Å². The van der Waals surface area contributed by atoms with Gasteiger partial charge in [0.2, 0.25) is 5.91 Å². The predicted octanol–water partition coefficient (Wildman–Crippen LogP) is 6.35. The van der Waals surface area contributed by atoms with Crippen molar-refractivity contribution in [2.75, 3.05) is 19.0 Å². The van der Waals surface area contributed by atoms with Crippen molar-refractivity contribution >= 4 is 17.5 Å². The highest BCUT2D eigenvalue weighted by atomic mass is 16.5. The largest absolute Gasteiger partial charge is 0.497 e. The van der Waals surface area contributed by atoms with Gasteiger partial charge in [-0.2, -0.15) is 0 Å². The molecule has 0 unspecified atom stereocenters. The van der Waals surface area contributed by atoms with Gasteiger partial charge in [-0.1, -0.05) is 61.7 Å². The normalized spacial score (nSPS) is 19.7. The number of carbonyl (C=O) groups is 2. The number of hydrogen-bond donors (Lipinski definition) is 1. The molecule has 192 valence electrons. The first-order valence-corrected chi connectivity index (χ1v) is 13.2. The van der Waals surface area contributed by atoms with E-state index in [2.05, 4.69) is 5.32 Å². The Bertz CT molecular complexity index is 1250. The lowest BCUT2D eigenvalue weighted by Crippen LogP contribution is -2.51. The third-order valence-corrected chi connectivity index (χ3v) is 7.53. The minimum atomic E-state index is -0.584. The van der Waals surface area contributed by atoms with E-state index in [4.69, 9.17) is 9.47 Å². The average molecular weight is 499 g/mol. The fourth-order valence-electron chi connectivity index (χ4n) is 5.81. The van der Waals surface area contributed by atoms with Crippen LogP contribution >= 0.6 is 0 Å². The van der Waals surface area contributed by atoms with Gasteiger partial charge in [-0.3, -0.25) is 9.59 Å². The second-order valence-corrected chi connectivity index (χ2v) is 9.71. The molecule has 0 bridgehead atoms. The maximum atomic E-state index is 14.2. The molecule has 0 aromatic heterocycles. The van der Waals surface area contributed by atoms with Crippen LogP contribution in [0.15, 0.2) is 72.8 Å². The van der Waals surface area contributed by atoms with Crippen molar-refractivity contribution in [1.29, 1.82) is 0 Å². The van der Waals surface area contributed by atoms with Crippen molar-refractivity contribution in [2.24, 2.45) is 0 Å². The zero-order valence-corrected chi connectivity index (χ0v) is 21.5. The van der Waals surface area contributed by atoms with E-state index in [1.807, 2.05) is 84.6 Å². The Labute approximate surface area is 218 Å². The van der Waals surface area contributed by atoms with E-state index in [0.29, 0.717) is 23.6 Å². The highest BCUT2D eigenvalue weighted by Gasteiger charge is 2.46. The van der Waals surface area contributed by atoms with Crippen molar-refractivity contribution in [3.05, 3.63) is 89.5 Å². The van der Waals surface area contributed by atoms with Gasteiger partial charge >= 0.3 is 0 Å². The number of ether oxygens (including phenoxy) is 2. The zero-order valence-electron chi connectivity index (χ0n) is 21.5. The molecule has 3 aromatic carbocycles. The summed E-state index contributed by atoms with van der Waals surface area (Å²) in [5, 5.41) is 3.14. The molecule has 1 heterocycles. The zero-order chi connectivity index (χ0) is 25.8. The molecule has 0 saturated heterocycles. The number of methoxy groups -OCH3 is 1. The van der Waals surface area contributed by atoms with Crippen LogP contribution < -0.4 is 14.8 Å². The number of anilines is 1. The van der Waals surface area contributed by atoms with E-state index in [-0.39, 0.29) is 17.9 Å². The smallest absolute Gasteiger partial charge is 0.254 e. The van der Waals surface area contributed by atoms with E-state index in [9.17, 15) is 9.59 Å². The summed E-state index contributed by atoms with van der Waals surface area (Å²) in [7, 11) is 1.63. The van der Waals surface area contributed by atoms with Gasteiger partial charge in [0.25, 0.3) is 5.91 Å². The summed E-state index contributed by atoms with van der Waals surface area (Å²) >= 11 is 0. The highest BCUT2D eigenvalue weighted by Crippen LogP contribution is 2.46. The summed E-state index contributed by atoms with van der Waals surface area (Å²) in [6.07, 6.45) is 5.25. The van der Waals surface area contributed by atoms with Crippen LogP contribution in [0, 0.1) is 0 Å². The van der Waals surface area contributed by atoms with Crippen molar-refractivity contribution in [2.45, 2.75) is 57.0 Å². The Morgan fingerprint density at radius 2 is 1.65 bits per heavy atom. The number of rotatable bonds is 7. The molecular weight excluding hydrogens is 464 g/mol. The van der Waals surface area contributed by atoms with E-state index < -0.39 is 12.0 Å². The van der Waals surface area contributed by atoms with Crippen molar-refractivity contribution in [3.63, 3.8) is 0 Å². The van der Waals surface area contributed by atoms with Gasteiger partial charge < -0.3 is 19.7 Å². The Kier molecular flexibility index (Phi) is 7.45. The summed E-state index contributed by atoms with van der Waals surface area (Å²) in [6.45, 7) is 2.42. The van der Waals surface area contributed by atoms with Crippen LogP contribution in [0.3, 0.4) is 0 Å². The lowest BCUT2D eigenvalue weighted by atomic mass is 9.77. The molecule has 1 aliphatic heterocycles. The molecule has 5 rings (SSSR count). The molecular formula is C31H34N2O4. The Morgan fingerprint density at radius 1 is 0.946 bits per heavy atom. The molecule has 6 nitrogen and oxygen atoms in total. The number of nitrogens with one attached hydrogen (secondary N) is 1. The third kappa shape index (κ3) is 4.93. The molecule has 2 aliphatic rings. The van der Waals surface area contributed by atoms with Gasteiger partial charge in [0.05, 0.1) is 31.4 Å². The van der Waals surface area contributed by atoms with Gasteiger partial charge in [0.1, 0.15) is 11.5 Å². The average Bonchev–Trinajstić information content (AvgIpc) is 2.94. The lowest BCUT2D eigenvalue weighted by Gasteiger charge is -2.46. The second-order valence-electron chi connectivity index (χ2n) is 9.71. The first-order chi connectivity index (χ1) is 18.1. The van der Waals surface area contributed by atoms with E-state index in [0.717, 1.165) is 42.6 Å². The predicted molar refractivity (Wildman–Crippen MR) is 144 cm³/mol. The van der Waals surface area contributed by atoms with Crippen LogP contribution in [0.2, 0.25) is 0 Å². The minimum Gasteiger partial charge on any atom is -0.497 e. The molecule has 3 aromatic rings. The van der Waals surface area contributed by atoms with Crippen LogP contribution in [0.5, 0.6) is 11.5 Å². The second kappa shape index (κ2) is 11.1. The van der Waals surface area contributed by atoms with Crippen LogP contribution in [0.1, 0.15) is 72.5 Å². The Hall–Kier alpha value is -3.80. The topological polar surface area (TPSA) is 67.9 Å². The molecule has 0 radical (unpaired) electrons. The van der Waals surface area contributed by atoms with Gasteiger partial charge in [-0.15, -0.1) is 0 Å². The molecule has 2 amide bonds. The number of para-hydroxylation sites is 2. The standard InChI is InChI=1S/C31H34N2O4/c1-3-37-27-16-10-9-15-26(27)32-30(34)28-24-13-7-8-14-25(24)31(35)33(22-11-5-4-6-12-22)29(28)21-17-19-23(36-2)20-18-21/h7-10,13-20,22,28-29H,3-6,11-12H2,1-2H3,(H,32,34)/t28-,29-/m1/s1. The van der Waals surface area contributed by atoms with Crippen molar-refractivity contribution < 1.29 is 19.1 Å². The quantitative estimate of drug-likeness (QED) is 0.412. The fraction of sp³-hybridized carbons (Fsp3) is 0.355. The third-order valence-electron chi connectivity index (χ3n) is 7.53. The molecule has 37 heavy (non-hydrogen) atoms. The number of amides is 2. The Balaban J connectivity index is 1.63. The Morgan fingerprint density at radius 3 is 2.38 bits per heavy atom. The van der Waals surface area contributed by atoms with Crippen LogP contribution in [0.25, 0.3) is 0 Å². The minimum absolute atomic E-state index is 0.00193. The monoisotopic (exact) mass is 498 g/mol. The van der Waals surface area contributed by atoms with Gasteiger partial charge in [-0.25, -0.2) is 0 Å². The first kappa shape index (κ1) is 24.9. The summed E-state index contributed by atoms with van der Waals surface area (Å²) in [6, 6.07) is 22.4. The molecule has 2 atom stereocenters. The maximum absolute atomic E-state index is 14.2. The molecule has 1 saturated carbocycles. The highest BCUT2D eigenvalue weighted by molar-refractivity contribution is 6.05. The maximum Gasteiger partial charge on any atom is 0.254 e. The summed E-state index contributed by atoms with van der Waals surface area (Å²) in [5.74, 6) is 0.625. The van der Waals surface area contributed by atoms with Crippen LogP contribution in [0.4, 0.5) is 5.69 Å². The lowest BCUT2D eigenvalue weighted by molar-refractivity contribution is -0.119. The van der Waals surface area contributed by atoms with E-state index in [1.165, 1.54) is 6.42 Å². The number of benzene rings is 3. The number of fused-ring (bicyclic) bond motifs is 1. The first-order valence-electron chi connectivity index (χ1n) is 13.2. The fourth-order valence-corrected chi connectivity index (χ4v) is 5.81.